The van der Waals surface area contributed by atoms with Gasteiger partial charge in [0.1, 0.15) is 0 Å². The third-order valence-electron chi connectivity index (χ3n) is 2.88. The summed E-state index contributed by atoms with van der Waals surface area (Å²) in [5, 5.41) is 0.505. The van der Waals surface area contributed by atoms with Gasteiger partial charge in [0.15, 0.2) is 9.84 Å². The highest BCUT2D eigenvalue weighted by molar-refractivity contribution is 7.90. The topological polar surface area (TPSA) is 34.1 Å². The Bertz CT molecular complexity index is 636. The number of hydrogen-bond acceptors (Lipinski definition) is 2. The first-order valence-electron chi connectivity index (χ1n) is 6.04. The van der Waals surface area contributed by atoms with Gasteiger partial charge < -0.3 is 0 Å². The first kappa shape index (κ1) is 14.1. The highest BCUT2D eigenvalue weighted by atomic mass is 35.5. The number of rotatable bonds is 5. The van der Waals surface area contributed by atoms with E-state index in [1.807, 2.05) is 30.3 Å². The maximum Gasteiger partial charge on any atom is 0.154 e. The smallest absolute Gasteiger partial charge is 0.154 e. The molecule has 0 saturated heterocycles. The van der Waals surface area contributed by atoms with E-state index in [9.17, 15) is 8.42 Å². The normalized spacial score (nSPS) is 11.4. The molecule has 0 N–H and O–H groups in total. The molecule has 4 heteroatoms. The molecular formula is C15H15ClO2S. The van der Waals surface area contributed by atoms with Crippen LogP contribution in [0.3, 0.4) is 0 Å². The summed E-state index contributed by atoms with van der Waals surface area (Å²) in [6, 6.07) is 16.7. The SMILES string of the molecule is O=S(=O)(CCc1ccccc1)Cc1ccccc1Cl. The van der Waals surface area contributed by atoms with Crippen LogP contribution in [0.15, 0.2) is 54.6 Å². The van der Waals surface area contributed by atoms with Crippen LogP contribution in [0.5, 0.6) is 0 Å². The molecule has 2 aromatic carbocycles. The summed E-state index contributed by atoms with van der Waals surface area (Å²) in [5.74, 6) is 0.141. The van der Waals surface area contributed by atoms with Crippen molar-refractivity contribution in [1.82, 2.24) is 0 Å². The number of sulfone groups is 1. The zero-order valence-corrected chi connectivity index (χ0v) is 12.0. The minimum absolute atomic E-state index is 0.000489. The summed E-state index contributed by atoms with van der Waals surface area (Å²) in [5.41, 5.74) is 1.70. The van der Waals surface area contributed by atoms with Crippen molar-refractivity contribution in [2.45, 2.75) is 12.2 Å². The predicted molar refractivity (Wildman–Crippen MR) is 79.1 cm³/mol. The Morgan fingerprint density at radius 1 is 0.895 bits per heavy atom. The van der Waals surface area contributed by atoms with Gasteiger partial charge in [-0.15, -0.1) is 0 Å². The van der Waals surface area contributed by atoms with Crippen molar-refractivity contribution >= 4 is 21.4 Å². The molecule has 2 rings (SSSR count). The van der Waals surface area contributed by atoms with Crippen molar-refractivity contribution in [2.75, 3.05) is 5.75 Å². The number of hydrogen-bond donors (Lipinski definition) is 0. The van der Waals surface area contributed by atoms with Crippen LogP contribution in [0, 0.1) is 0 Å². The van der Waals surface area contributed by atoms with Gasteiger partial charge in [-0.3, -0.25) is 0 Å². The minimum atomic E-state index is -3.14. The van der Waals surface area contributed by atoms with Crippen LogP contribution in [0.25, 0.3) is 0 Å². The van der Waals surface area contributed by atoms with E-state index in [1.165, 1.54) is 0 Å². The van der Waals surface area contributed by atoms with E-state index in [2.05, 4.69) is 0 Å². The predicted octanol–water partition coefficient (Wildman–Crippen LogP) is 3.50. The second-order valence-electron chi connectivity index (χ2n) is 4.42. The average Bonchev–Trinajstić information content (AvgIpc) is 2.40. The van der Waals surface area contributed by atoms with Crippen molar-refractivity contribution in [3.8, 4) is 0 Å². The van der Waals surface area contributed by atoms with Crippen LogP contribution in [0.4, 0.5) is 0 Å². The molecule has 0 aromatic heterocycles. The van der Waals surface area contributed by atoms with Gasteiger partial charge in [0.2, 0.25) is 0 Å². The molecule has 0 aliphatic carbocycles. The van der Waals surface area contributed by atoms with Crippen molar-refractivity contribution in [2.24, 2.45) is 0 Å². The van der Waals surface area contributed by atoms with E-state index in [1.54, 1.807) is 24.3 Å². The molecule has 0 aliphatic rings. The molecule has 0 radical (unpaired) electrons. The van der Waals surface area contributed by atoms with Gasteiger partial charge in [-0.05, 0) is 23.6 Å². The minimum Gasteiger partial charge on any atom is -0.228 e. The zero-order chi connectivity index (χ0) is 13.7. The first-order chi connectivity index (χ1) is 9.07. The summed E-state index contributed by atoms with van der Waals surface area (Å²) in [7, 11) is -3.14. The molecule has 19 heavy (non-hydrogen) atoms. The van der Waals surface area contributed by atoms with Crippen LogP contribution in [0.2, 0.25) is 5.02 Å². The first-order valence-corrected chi connectivity index (χ1v) is 8.24. The average molecular weight is 295 g/mol. The second kappa shape index (κ2) is 6.22. The molecule has 0 amide bonds. The number of benzene rings is 2. The Morgan fingerprint density at radius 2 is 1.53 bits per heavy atom. The molecule has 2 nitrogen and oxygen atoms in total. The molecule has 0 atom stereocenters. The molecule has 2 aromatic rings. The van der Waals surface area contributed by atoms with E-state index < -0.39 is 9.84 Å². The molecule has 0 heterocycles. The fourth-order valence-corrected chi connectivity index (χ4v) is 3.54. The quantitative estimate of drug-likeness (QED) is 0.846. The van der Waals surface area contributed by atoms with Gasteiger partial charge >= 0.3 is 0 Å². The molecule has 0 fully saturated rings. The summed E-state index contributed by atoms with van der Waals surface area (Å²) in [4.78, 5) is 0. The van der Waals surface area contributed by atoms with Crippen LogP contribution >= 0.6 is 11.6 Å². The van der Waals surface area contributed by atoms with Crippen molar-refractivity contribution in [1.29, 1.82) is 0 Å². The van der Waals surface area contributed by atoms with E-state index in [0.717, 1.165) is 5.56 Å². The Balaban J connectivity index is 2.02. The van der Waals surface area contributed by atoms with Gasteiger partial charge in [0, 0.05) is 5.02 Å². The van der Waals surface area contributed by atoms with Gasteiger partial charge in [-0.2, -0.15) is 0 Å². The van der Waals surface area contributed by atoms with E-state index >= 15 is 0 Å². The van der Waals surface area contributed by atoms with Gasteiger partial charge in [0.05, 0.1) is 11.5 Å². The molecule has 0 unspecified atom stereocenters. The van der Waals surface area contributed by atoms with Crippen LogP contribution in [0.1, 0.15) is 11.1 Å². The Kier molecular flexibility index (Phi) is 4.61. The molecular weight excluding hydrogens is 280 g/mol. The Labute approximate surface area is 119 Å². The van der Waals surface area contributed by atoms with Crippen molar-refractivity contribution < 1.29 is 8.42 Å². The van der Waals surface area contributed by atoms with Gasteiger partial charge in [-0.1, -0.05) is 60.1 Å². The van der Waals surface area contributed by atoms with Crippen molar-refractivity contribution in [3.05, 3.63) is 70.7 Å². The van der Waals surface area contributed by atoms with E-state index in [4.69, 9.17) is 11.6 Å². The summed E-state index contributed by atoms with van der Waals surface area (Å²) < 4.78 is 24.1. The van der Waals surface area contributed by atoms with Gasteiger partial charge in [-0.25, -0.2) is 8.42 Å². The molecule has 0 bridgehead atoms. The highest BCUT2D eigenvalue weighted by Gasteiger charge is 2.13. The zero-order valence-electron chi connectivity index (χ0n) is 10.4. The van der Waals surface area contributed by atoms with E-state index in [-0.39, 0.29) is 11.5 Å². The van der Waals surface area contributed by atoms with Crippen molar-refractivity contribution in [3.63, 3.8) is 0 Å². The Hall–Kier alpha value is -1.32. The summed E-state index contributed by atoms with van der Waals surface area (Å²) >= 11 is 5.98. The number of aryl methyl sites for hydroxylation is 1. The third kappa shape index (κ3) is 4.37. The maximum absolute atomic E-state index is 12.1. The van der Waals surface area contributed by atoms with Crippen LogP contribution < -0.4 is 0 Å². The van der Waals surface area contributed by atoms with E-state index in [0.29, 0.717) is 17.0 Å². The lowest BCUT2D eigenvalue weighted by Gasteiger charge is -2.06. The third-order valence-corrected chi connectivity index (χ3v) is 4.82. The molecule has 0 spiro atoms. The van der Waals surface area contributed by atoms with Gasteiger partial charge in [0.25, 0.3) is 0 Å². The molecule has 0 saturated carbocycles. The standard InChI is InChI=1S/C15H15ClO2S/c16-15-9-5-4-8-14(15)12-19(17,18)11-10-13-6-2-1-3-7-13/h1-9H,10-12H2. The monoisotopic (exact) mass is 294 g/mol. The molecule has 0 aliphatic heterocycles. The second-order valence-corrected chi connectivity index (χ2v) is 7.01. The lowest BCUT2D eigenvalue weighted by molar-refractivity contribution is 0.594. The van der Waals surface area contributed by atoms with Crippen LogP contribution in [-0.2, 0) is 22.0 Å². The number of halogens is 1. The van der Waals surface area contributed by atoms with Crippen LogP contribution in [-0.4, -0.2) is 14.2 Å². The largest absolute Gasteiger partial charge is 0.228 e. The lowest BCUT2D eigenvalue weighted by Crippen LogP contribution is -2.11. The fraction of sp³-hybridized carbons (Fsp3) is 0.200. The molecule has 100 valence electrons. The fourth-order valence-electron chi connectivity index (χ4n) is 1.84. The summed E-state index contributed by atoms with van der Waals surface area (Å²) in [6.07, 6.45) is 0.535. The Morgan fingerprint density at radius 3 is 2.21 bits per heavy atom. The summed E-state index contributed by atoms with van der Waals surface area (Å²) in [6.45, 7) is 0. The maximum atomic E-state index is 12.1. The highest BCUT2D eigenvalue weighted by Crippen LogP contribution is 2.18. The lowest BCUT2D eigenvalue weighted by atomic mass is 10.2.